The molecule has 5 rings (SSSR count). The van der Waals surface area contributed by atoms with Crippen LogP contribution in [0.2, 0.25) is 10.0 Å². The number of aliphatic imine (C=N–C) groups is 1. The minimum absolute atomic E-state index is 0.0525. The van der Waals surface area contributed by atoms with Gasteiger partial charge < -0.3 is 9.64 Å². The number of urea groups is 1. The second kappa shape index (κ2) is 12.4. The Balaban J connectivity index is 1.76. The third-order valence-corrected chi connectivity index (χ3v) is 10.5. The molecule has 2 aliphatic heterocycles. The zero-order valence-electron chi connectivity index (χ0n) is 26.8. The van der Waals surface area contributed by atoms with E-state index in [1.165, 1.54) is 0 Å². The van der Waals surface area contributed by atoms with E-state index >= 15 is 0 Å². The Morgan fingerprint density at radius 3 is 2.00 bits per heavy atom. The van der Waals surface area contributed by atoms with E-state index in [2.05, 4.69) is 20.8 Å². The SMILES string of the molecule is CCOc1cc(C(C)(C)C)ncc1C1=N[C@@](C)(c2ccc(Cl)cc2)[C@@](C)(c2ccc(Cl)cc2)N1C(=O)N1CCN(S(=O)(=O)O)CC1. The third kappa shape index (κ3) is 6.11. The van der Waals surface area contributed by atoms with Crippen LogP contribution in [0.25, 0.3) is 0 Å². The summed E-state index contributed by atoms with van der Waals surface area (Å²) in [5.74, 6) is 0.891. The number of nitrogens with zero attached hydrogens (tertiary/aromatic N) is 5. The molecule has 10 nitrogen and oxygen atoms in total. The van der Waals surface area contributed by atoms with Crippen LogP contribution in [0.5, 0.6) is 5.75 Å². The van der Waals surface area contributed by atoms with Crippen LogP contribution in [0.15, 0.2) is 65.8 Å². The number of hydrogen-bond donors (Lipinski definition) is 1. The van der Waals surface area contributed by atoms with E-state index in [1.54, 1.807) is 40.3 Å². The fourth-order valence-electron chi connectivity index (χ4n) is 6.11. The molecule has 0 saturated carbocycles. The van der Waals surface area contributed by atoms with Crippen molar-refractivity contribution in [3.05, 3.63) is 93.2 Å². The molecule has 0 radical (unpaired) electrons. The lowest BCUT2D eigenvalue weighted by molar-refractivity contribution is 0.0968. The molecule has 1 N–H and O–H groups in total. The van der Waals surface area contributed by atoms with Gasteiger partial charge in [0, 0.05) is 59.6 Å². The van der Waals surface area contributed by atoms with E-state index in [9.17, 15) is 17.8 Å². The molecule has 3 heterocycles. The summed E-state index contributed by atoms with van der Waals surface area (Å²) in [5.41, 5.74) is 0.491. The second-order valence-corrected chi connectivity index (χ2v) is 15.1. The summed E-state index contributed by atoms with van der Waals surface area (Å²) >= 11 is 12.7. The van der Waals surface area contributed by atoms with E-state index < -0.39 is 21.4 Å². The quantitative estimate of drug-likeness (QED) is 0.295. The zero-order valence-corrected chi connectivity index (χ0v) is 29.1. The number of hydrogen-bond acceptors (Lipinski definition) is 6. The van der Waals surface area contributed by atoms with Crippen molar-refractivity contribution >= 4 is 45.4 Å². The molecule has 246 valence electrons. The number of benzene rings is 2. The summed E-state index contributed by atoms with van der Waals surface area (Å²) in [6, 6.07) is 16.2. The predicted molar refractivity (Wildman–Crippen MR) is 180 cm³/mol. The highest BCUT2D eigenvalue weighted by Gasteiger charge is 2.60. The van der Waals surface area contributed by atoms with Crippen molar-refractivity contribution in [2.24, 2.45) is 4.99 Å². The topological polar surface area (TPSA) is 116 Å². The van der Waals surface area contributed by atoms with E-state index in [1.807, 2.05) is 51.1 Å². The number of rotatable bonds is 6. The number of halogens is 2. The smallest absolute Gasteiger partial charge is 0.336 e. The first-order valence-corrected chi connectivity index (χ1v) is 17.2. The molecule has 3 aromatic rings. The van der Waals surface area contributed by atoms with E-state index in [0.717, 1.165) is 21.1 Å². The van der Waals surface area contributed by atoms with Crippen molar-refractivity contribution < 1.29 is 22.5 Å². The molecule has 0 bridgehead atoms. The van der Waals surface area contributed by atoms with Gasteiger partial charge in [0.05, 0.1) is 12.2 Å². The number of carbonyl (C=O) groups excluding carboxylic acids is 1. The Morgan fingerprint density at radius 1 is 0.957 bits per heavy atom. The molecule has 2 aliphatic rings. The van der Waals surface area contributed by atoms with Gasteiger partial charge >= 0.3 is 16.3 Å². The lowest BCUT2D eigenvalue weighted by Gasteiger charge is -2.47. The summed E-state index contributed by atoms with van der Waals surface area (Å²) < 4.78 is 40.4. The maximum absolute atomic E-state index is 14.9. The van der Waals surface area contributed by atoms with Crippen LogP contribution in [-0.2, 0) is 26.8 Å². The first-order chi connectivity index (χ1) is 21.5. The number of carbonyl (C=O) groups is 1. The zero-order chi connectivity index (χ0) is 33.7. The largest absolute Gasteiger partial charge is 0.493 e. The van der Waals surface area contributed by atoms with Crippen molar-refractivity contribution in [2.75, 3.05) is 32.8 Å². The number of amidine groups is 1. The Kier molecular flexibility index (Phi) is 9.22. The number of piperazine rings is 1. The molecule has 0 spiro atoms. The molecule has 1 fully saturated rings. The summed E-state index contributed by atoms with van der Waals surface area (Å²) in [7, 11) is -4.39. The molecule has 46 heavy (non-hydrogen) atoms. The van der Waals surface area contributed by atoms with Gasteiger partial charge in [0.1, 0.15) is 22.7 Å². The van der Waals surface area contributed by atoms with Crippen molar-refractivity contribution in [2.45, 2.75) is 58.0 Å². The Bertz CT molecular complexity index is 1750. The Labute approximate surface area is 280 Å². The highest BCUT2D eigenvalue weighted by atomic mass is 35.5. The van der Waals surface area contributed by atoms with Gasteiger partial charge in [-0.25, -0.2) is 4.79 Å². The normalized spacial score (nSPS) is 22.6. The van der Waals surface area contributed by atoms with Crippen LogP contribution in [0.1, 0.15) is 63.9 Å². The van der Waals surface area contributed by atoms with Crippen LogP contribution in [0.4, 0.5) is 4.79 Å². The summed E-state index contributed by atoms with van der Waals surface area (Å²) in [5, 5.41) is 1.10. The summed E-state index contributed by atoms with van der Waals surface area (Å²) in [4.78, 5) is 28.3. The van der Waals surface area contributed by atoms with Crippen LogP contribution < -0.4 is 4.74 Å². The van der Waals surface area contributed by atoms with Gasteiger partial charge in [-0.15, -0.1) is 0 Å². The predicted octanol–water partition coefficient (Wildman–Crippen LogP) is 6.52. The highest BCUT2D eigenvalue weighted by Crippen LogP contribution is 2.54. The molecule has 0 unspecified atom stereocenters. The molecule has 1 aromatic heterocycles. The van der Waals surface area contributed by atoms with Gasteiger partial charge in [-0.3, -0.25) is 19.4 Å². The maximum Gasteiger partial charge on any atom is 0.336 e. The van der Waals surface area contributed by atoms with Crippen molar-refractivity contribution in [3.8, 4) is 5.75 Å². The average molecular weight is 689 g/mol. The van der Waals surface area contributed by atoms with Crippen LogP contribution in [0, 0.1) is 0 Å². The van der Waals surface area contributed by atoms with E-state index in [0.29, 0.717) is 33.8 Å². The number of ether oxygens (including phenoxy) is 1. The monoisotopic (exact) mass is 687 g/mol. The van der Waals surface area contributed by atoms with Gasteiger partial charge in [-0.2, -0.15) is 12.7 Å². The van der Waals surface area contributed by atoms with Crippen molar-refractivity contribution in [1.29, 1.82) is 0 Å². The molecule has 1 saturated heterocycles. The molecule has 13 heteroatoms. The minimum Gasteiger partial charge on any atom is -0.493 e. The van der Waals surface area contributed by atoms with Crippen LogP contribution in [-0.4, -0.2) is 76.7 Å². The van der Waals surface area contributed by atoms with Crippen LogP contribution >= 0.6 is 23.2 Å². The summed E-state index contributed by atoms with van der Waals surface area (Å²) in [6.07, 6.45) is 1.71. The molecular formula is C33H39Cl2N5O5S. The van der Waals surface area contributed by atoms with Gasteiger partial charge in [0.15, 0.2) is 0 Å². The van der Waals surface area contributed by atoms with Gasteiger partial charge in [-0.1, -0.05) is 68.2 Å². The first kappa shape index (κ1) is 34.1. The summed E-state index contributed by atoms with van der Waals surface area (Å²) in [6.45, 7) is 12.4. The van der Waals surface area contributed by atoms with E-state index in [-0.39, 0.29) is 37.6 Å². The highest BCUT2D eigenvalue weighted by molar-refractivity contribution is 7.83. The van der Waals surface area contributed by atoms with Gasteiger partial charge in [-0.05, 0) is 56.2 Å². The average Bonchev–Trinajstić information content (AvgIpc) is 3.24. The molecule has 2 atom stereocenters. The lowest BCUT2D eigenvalue weighted by atomic mass is 9.71. The number of aromatic nitrogens is 1. The minimum atomic E-state index is -4.39. The number of amides is 2. The van der Waals surface area contributed by atoms with Gasteiger partial charge in [0.2, 0.25) is 0 Å². The molecule has 0 aliphatic carbocycles. The fourth-order valence-corrected chi connectivity index (χ4v) is 6.99. The second-order valence-electron chi connectivity index (χ2n) is 12.8. The molecule has 2 amide bonds. The number of pyridine rings is 1. The van der Waals surface area contributed by atoms with Crippen molar-refractivity contribution in [3.63, 3.8) is 0 Å². The standard InChI is InChI=1S/C33H39Cl2N5O5S/c1-7-45-27-20-28(31(2,3)4)36-21-26(27)29-37-32(5,22-8-12-24(34)13-9-22)33(6,23-10-14-25(35)15-11-23)40(29)30(41)38-16-18-39(19-17-38)46(42,43)44/h8-15,20-21H,7,16-19H2,1-6H3,(H,42,43,44)/t32-,33+/m0/s1. The fraction of sp³-hybridized carbons (Fsp3) is 0.424. The maximum atomic E-state index is 14.9. The first-order valence-electron chi connectivity index (χ1n) is 15.1. The molecule has 2 aromatic carbocycles. The Hall–Kier alpha value is -3.22. The molecular weight excluding hydrogens is 649 g/mol. The Morgan fingerprint density at radius 2 is 1.50 bits per heavy atom. The van der Waals surface area contributed by atoms with E-state index in [4.69, 9.17) is 37.9 Å². The van der Waals surface area contributed by atoms with Crippen molar-refractivity contribution in [1.82, 2.24) is 19.1 Å². The van der Waals surface area contributed by atoms with Crippen LogP contribution in [0.3, 0.4) is 0 Å². The lowest BCUT2D eigenvalue weighted by Crippen LogP contribution is -2.61. The van der Waals surface area contributed by atoms with Gasteiger partial charge in [0.25, 0.3) is 0 Å². The third-order valence-electron chi connectivity index (χ3n) is 8.95.